The molecule has 0 spiro atoms. The molecule has 0 saturated heterocycles. The first-order valence-electron chi connectivity index (χ1n) is 5.29. The van der Waals surface area contributed by atoms with Crippen molar-refractivity contribution in [1.29, 1.82) is 0 Å². The topological polar surface area (TPSA) is 78.9 Å². The number of hydrogen-bond donors (Lipinski definition) is 1. The Balaban J connectivity index is 2.16. The lowest BCUT2D eigenvalue weighted by Gasteiger charge is -2.13. The van der Waals surface area contributed by atoms with E-state index >= 15 is 0 Å². The minimum Gasteiger partial charge on any atom is -0.495 e. The van der Waals surface area contributed by atoms with Crippen LogP contribution < -0.4 is 10.5 Å². The normalized spacial score (nSPS) is 12.4. The van der Waals surface area contributed by atoms with Gasteiger partial charge in [-0.05, 0) is 6.07 Å². The van der Waals surface area contributed by atoms with Crippen LogP contribution >= 0.6 is 0 Å². The Labute approximate surface area is 99.4 Å². The summed E-state index contributed by atoms with van der Waals surface area (Å²) in [6, 6.07) is 1.68. The molecule has 0 saturated carbocycles. The van der Waals surface area contributed by atoms with Crippen LogP contribution in [0.15, 0.2) is 24.7 Å². The van der Waals surface area contributed by atoms with E-state index in [2.05, 4.69) is 15.3 Å². The van der Waals surface area contributed by atoms with Crippen LogP contribution in [0.1, 0.15) is 17.3 Å². The lowest BCUT2D eigenvalue weighted by atomic mass is 10.0. The maximum Gasteiger partial charge on any atom is 0.141 e. The molecule has 1 atom stereocenters. The van der Waals surface area contributed by atoms with Crippen molar-refractivity contribution in [3.63, 3.8) is 0 Å². The lowest BCUT2D eigenvalue weighted by molar-refractivity contribution is 0.403. The molecule has 2 aromatic heterocycles. The van der Waals surface area contributed by atoms with E-state index in [1.165, 1.54) is 0 Å². The summed E-state index contributed by atoms with van der Waals surface area (Å²) in [7, 11) is 3.44. The molecule has 0 fully saturated rings. The van der Waals surface area contributed by atoms with Gasteiger partial charge in [0.25, 0.3) is 0 Å². The van der Waals surface area contributed by atoms with Crippen molar-refractivity contribution in [2.45, 2.75) is 12.5 Å². The maximum absolute atomic E-state index is 6.13. The van der Waals surface area contributed by atoms with Crippen LogP contribution in [-0.2, 0) is 13.5 Å². The van der Waals surface area contributed by atoms with Crippen LogP contribution in [0, 0.1) is 0 Å². The number of hydrogen-bond acceptors (Lipinski definition) is 5. The number of aromatic nitrogens is 4. The Morgan fingerprint density at radius 2 is 2.35 bits per heavy atom. The molecule has 0 bridgehead atoms. The predicted molar refractivity (Wildman–Crippen MR) is 62.4 cm³/mol. The maximum atomic E-state index is 6.13. The van der Waals surface area contributed by atoms with Crippen LogP contribution in [0.25, 0.3) is 0 Å². The molecule has 0 amide bonds. The molecule has 0 aliphatic rings. The highest BCUT2D eigenvalue weighted by Gasteiger charge is 2.13. The van der Waals surface area contributed by atoms with Gasteiger partial charge >= 0.3 is 0 Å². The number of nitrogens with two attached hydrogens (primary N) is 1. The second kappa shape index (κ2) is 4.92. The summed E-state index contributed by atoms with van der Waals surface area (Å²) in [5, 5.41) is 7.89. The number of nitrogens with zero attached hydrogens (tertiary/aromatic N) is 4. The number of rotatable bonds is 4. The zero-order valence-electron chi connectivity index (χ0n) is 9.87. The summed E-state index contributed by atoms with van der Waals surface area (Å²) >= 11 is 0. The van der Waals surface area contributed by atoms with Gasteiger partial charge < -0.3 is 10.5 Å². The molecule has 6 heteroatoms. The third-order valence-electron chi connectivity index (χ3n) is 2.52. The molecule has 2 heterocycles. The van der Waals surface area contributed by atoms with Gasteiger partial charge in [0, 0.05) is 37.5 Å². The van der Waals surface area contributed by atoms with E-state index in [0.717, 1.165) is 11.3 Å². The zero-order chi connectivity index (χ0) is 12.3. The minimum absolute atomic E-state index is 0.176. The third-order valence-corrected chi connectivity index (χ3v) is 2.52. The van der Waals surface area contributed by atoms with Gasteiger partial charge in [-0.25, -0.2) is 0 Å². The van der Waals surface area contributed by atoms with Gasteiger partial charge in [-0.1, -0.05) is 5.21 Å². The molecule has 2 aromatic rings. The summed E-state index contributed by atoms with van der Waals surface area (Å²) in [4.78, 5) is 4.00. The Hall–Kier alpha value is -1.95. The van der Waals surface area contributed by atoms with Crippen molar-refractivity contribution in [3.05, 3.63) is 35.9 Å². The van der Waals surface area contributed by atoms with Crippen LogP contribution in [0.3, 0.4) is 0 Å². The van der Waals surface area contributed by atoms with Gasteiger partial charge in [0.2, 0.25) is 0 Å². The van der Waals surface area contributed by atoms with Gasteiger partial charge in [-0.15, -0.1) is 5.10 Å². The van der Waals surface area contributed by atoms with Gasteiger partial charge in [0.05, 0.1) is 19.0 Å². The molecule has 1 unspecified atom stereocenters. The highest BCUT2D eigenvalue weighted by molar-refractivity contribution is 5.33. The Bertz CT molecular complexity index is 496. The minimum atomic E-state index is -0.176. The molecule has 0 aliphatic heterocycles. The van der Waals surface area contributed by atoms with E-state index in [9.17, 15) is 0 Å². The fraction of sp³-hybridized carbons (Fsp3) is 0.364. The van der Waals surface area contributed by atoms with E-state index in [4.69, 9.17) is 10.5 Å². The van der Waals surface area contributed by atoms with Crippen molar-refractivity contribution >= 4 is 0 Å². The Morgan fingerprint density at radius 3 is 3.00 bits per heavy atom. The highest BCUT2D eigenvalue weighted by atomic mass is 16.5. The van der Waals surface area contributed by atoms with E-state index in [-0.39, 0.29) is 6.04 Å². The predicted octanol–water partition coefficient (Wildman–Crippen LogP) is 0.461. The van der Waals surface area contributed by atoms with E-state index in [0.29, 0.717) is 12.2 Å². The van der Waals surface area contributed by atoms with Crippen molar-refractivity contribution < 1.29 is 4.74 Å². The highest BCUT2D eigenvalue weighted by Crippen LogP contribution is 2.23. The molecule has 6 nitrogen and oxygen atoms in total. The second-order valence-corrected chi connectivity index (χ2v) is 3.81. The van der Waals surface area contributed by atoms with Crippen molar-refractivity contribution in [1.82, 2.24) is 20.0 Å². The molecule has 0 aromatic carbocycles. The van der Waals surface area contributed by atoms with Gasteiger partial charge in [-0.2, -0.15) is 0 Å². The van der Waals surface area contributed by atoms with Crippen molar-refractivity contribution in [3.8, 4) is 5.75 Å². The average Bonchev–Trinajstić information content (AvgIpc) is 2.74. The van der Waals surface area contributed by atoms with E-state index in [1.807, 2.05) is 19.3 Å². The number of aryl methyl sites for hydroxylation is 1. The van der Waals surface area contributed by atoms with E-state index in [1.54, 1.807) is 24.2 Å². The first kappa shape index (κ1) is 11.5. The SMILES string of the molecule is COc1cnccc1C(N)Cc1cn(C)nn1. The van der Waals surface area contributed by atoms with Crippen LogP contribution in [0.5, 0.6) is 5.75 Å². The molecule has 90 valence electrons. The fourth-order valence-corrected chi connectivity index (χ4v) is 1.69. The second-order valence-electron chi connectivity index (χ2n) is 3.81. The fourth-order valence-electron chi connectivity index (χ4n) is 1.69. The van der Waals surface area contributed by atoms with Crippen molar-refractivity contribution in [2.75, 3.05) is 7.11 Å². The molecule has 17 heavy (non-hydrogen) atoms. The first-order valence-corrected chi connectivity index (χ1v) is 5.29. The largest absolute Gasteiger partial charge is 0.495 e. The van der Waals surface area contributed by atoms with Crippen LogP contribution in [-0.4, -0.2) is 27.1 Å². The van der Waals surface area contributed by atoms with Crippen molar-refractivity contribution in [2.24, 2.45) is 12.8 Å². The Kier molecular flexibility index (Phi) is 3.34. The third kappa shape index (κ3) is 2.59. The summed E-state index contributed by atoms with van der Waals surface area (Å²) in [5.41, 5.74) is 7.91. The number of methoxy groups -OCH3 is 1. The van der Waals surface area contributed by atoms with Gasteiger partial charge in [0.15, 0.2) is 0 Å². The molecule has 2 rings (SSSR count). The average molecular weight is 233 g/mol. The standard InChI is InChI=1S/C11H15N5O/c1-16-7-8(14-15-16)5-10(12)9-3-4-13-6-11(9)17-2/h3-4,6-7,10H,5,12H2,1-2H3. The Morgan fingerprint density at radius 1 is 1.53 bits per heavy atom. The molecular formula is C11H15N5O. The monoisotopic (exact) mass is 233 g/mol. The molecule has 2 N–H and O–H groups in total. The summed E-state index contributed by atoms with van der Waals surface area (Å²) in [5.74, 6) is 0.698. The van der Waals surface area contributed by atoms with Crippen LogP contribution in [0.4, 0.5) is 0 Å². The van der Waals surface area contributed by atoms with Gasteiger partial charge in [-0.3, -0.25) is 9.67 Å². The summed E-state index contributed by atoms with van der Waals surface area (Å²) < 4.78 is 6.88. The zero-order valence-corrected chi connectivity index (χ0v) is 9.87. The number of ether oxygens (including phenoxy) is 1. The molecular weight excluding hydrogens is 218 g/mol. The first-order chi connectivity index (χ1) is 8.20. The van der Waals surface area contributed by atoms with Crippen LogP contribution in [0.2, 0.25) is 0 Å². The number of pyridine rings is 1. The smallest absolute Gasteiger partial charge is 0.141 e. The van der Waals surface area contributed by atoms with E-state index < -0.39 is 0 Å². The molecule has 0 aliphatic carbocycles. The summed E-state index contributed by atoms with van der Waals surface area (Å²) in [6.45, 7) is 0. The quantitative estimate of drug-likeness (QED) is 0.830. The van der Waals surface area contributed by atoms with Gasteiger partial charge in [0.1, 0.15) is 5.75 Å². The summed E-state index contributed by atoms with van der Waals surface area (Å²) in [6.07, 6.45) is 5.84. The lowest BCUT2D eigenvalue weighted by Crippen LogP contribution is -2.14. The molecule has 0 radical (unpaired) electrons.